The number of anilines is 1. The van der Waals surface area contributed by atoms with E-state index >= 15 is 0 Å². The number of amides is 2. The second-order valence-corrected chi connectivity index (χ2v) is 9.99. The van der Waals surface area contributed by atoms with Gasteiger partial charge in [0.25, 0.3) is 5.91 Å². The Morgan fingerprint density at radius 2 is 1.89 bits per heavy atom. The number of aryl methyl sites for hydroxylation is 1. The molecular formula is C24H26Cl2FN5O2S. The first-order valence-electron chi connectivity index (χ1n) is 11.0. The lowest BCUT2D eigenvalue weighted by Crippen LogP contribution is -2.34. The standard InChI is InChI=1S/C24H26Cl2FN5O2S/c1-5-32-22(21(13(2)3)29-23(34)17-9-7-15(25)10-18(17)26)30-31-24(32)35-12-20(33)28-19-11-16(27)8-6-14(19)4/h6-11,13,21H,5,12H2,1-4H3,(H,28,33)(H,29,34)/t21-/m0/s1. The molecule has 1 atom stereocenters. The first-order valence-corrected chi connectivity index (χ1v) is 12.7. The van der Waals surface area contributed by atoms with Gasteiger partial charge in [-0.25, -0.2) is 4.39 Å². The number of hydrogen-bond acceptors (Lipinski definition) is 5. The summed E-state index contributed by atoms with van der Waals surface area (Å²) in [6.45, 7) is 8.19. The van der Waals surface area contributed by atoms with E-state index in [9.17, 15) is 14.0 Å². The summed E-state index contributed by atoms with van der Waals surface area (Å²) in [5.41, 5.74) is 1.50. The van der Waals surface area contributed by atoms with E-state index in [0.29, 0.717) is 33.8 Å². The van der Waals surface area contributed by atoms with Crippen LogP contribution < -0.4 is 10.6 Å². The van der Waals surface area contributed by atoms with Crippen molar-refractivity contribution in [1.82, 2.24) is 20.1 Å². The summed E-state index contributed by atoms with van der Waals surface area (Å²) in [5, 5.41) is 15.5. The first-order chi connectivity index (χ1) is 16.6. The lowest BCUT2D eigenvalue weighted by molar-refractivity contribution is -0.113. The van der Waals surface area contributed by atoms with Crippen LogP contribution in [0.3, 0.4) is 0 Å². The number of benzene rings is 2. The Morgan fingerprint density at radius 3 is 2.54 bits per heavy atom. The molecule has 2 N–H and O–H groups in total. The highest BCUT2D eigenvalue weighted by Gasteiger charge is 2.27. The predicted octanol–water partition coefficient (Wildman–Crippen LogP) is 5.91. The fourth-order valence-electron chi connectivity index (χ4n) is 3.40. The molecule has 11 heteroatoms. The Hall–Kier alpha value is -2.62. The van der Waals surface area contributed by atoms with Crippen LogP contribution in [-0.2, 0) is 11.3 Å². The molecule has 0 spiro atoms. The number of rotatable bonds is 9. The van der Waals surface area contributed by atoms with E-state index in [1.165, 1.54) is 30.0 Å². The van der Waals surface area contributed by atoms with Gasteiger partial charge in [-0.3, -0.25) is 9.59 Å². The SMILES string of the molecule is CCn1c(SCC(=O)Nc2cc(F)ccc2C)nnc1[C@@H](NC(=O)c1ccc(Cl)cc1Cl)C(C)C. The molecule has 0 aliphatic carbocycles. The second-order valence-electron chi connectivity index (χ2n) is 8.20. The molecular weight excluding hydrogens is 512 g/mol. The minimum atomic E-state index is -0.445. The van der Waals surface area contributed by atoms with E-state index in [2.05, 4.69) is 20.8 Å². The van der Waals surface area contributed by atoms with Crippen molar-refractivity contribution in [3.63, 3.8) is 0 Å². The molecule has 2 aromatic carbocycles. The van der Waals surface area contributed by atoms with Gasteiger partial charge in [-0.15, -0.1) is 10.2 Å². The van der Waals surface area contributed by atoms with Gasteiger partial charge in [-0.2, -0.15) is 0 Å². The third-order valence-corrected chi connectivity index (χ3v) is 6.79. The largest absolute Gasteiger partial charge is 0.342 e. The van der Waals surface area contributed by atoms with Gasteiger partial charge >= 0.3 is 0 Å². The highest BCUT2D eigenvalue weighted by atomic mass is 35.5. The number of halogens is 3. The smallest absolute Gasteiger partial charge is 0.253 e. The molecule has 1 heterocycles. The van der Waals surface area contributed by atoms with E-state index in [1.54, 1.807) is 25.1 Å². The summed E-state index contributed by atoms with van der Waals surface area (Å²) in [6, 6.07) is 8.48. The van der Waals surface area contributed by atoms with Crippen LogP contribution >= 0.6 is 35.0 Å². The van der Waals surface area contributed by atoms with Crippen LogP contribution in [0, 0.1) is 18.7 Å². The van der Waals surface area contributed by atoms with Crippen molar-refractivity contribution in [3.05, 3.63) is 69.2 Å². The number of hydrogen-bond donors (Lipinski definition) is 2. The number of thioether (sulfide) groups is 1. The van der Waals surface area contributed by atoms with Crippen molar-refractivity contribution in [1.29, 1.82) is 0 Å². The van der Waals surface area contributed by atoms with Gasteiger partial charge in [0.05, 0.1) is 22.4 Å². The zero-order chi connectivity index (χ0) is 25.7. The van der Waals surface area contributed by atoms with Gasteiger partial charge < -0.3 is 15.2 Å². The topological polar surface area (TPSA) is 88.9 Å². The molecule has 0 bridgehead atoms. The fraction of sp³-hybridized carbons (Fsp3) is 0.333. The zero-order valence-corrected chi connectivity index (χ0v) is 22.1. The average molecular weight is 538 g/mol. The number of carbonyl (C=O) groups excluding carboxylic acids is 2. The molecule has 2 amide bonds. The Labute approximate surface area is 217 Å². The van der Waals surface area contributed by atoms with Crippen LogP contribution in [-0.4, -0.2) is 32.3 Å². The van der Waals surface area contributed by atoms with Crippen molar-refractivity contribution in [2.45, 2.75) is 45.4 Å². The lowest BCUT2D eigenvalue weighted by atomic mass is 10.0. The van der Waals surface area contributed by atoms with Crippen LogP contribution in [0.15, 0.2) is 41.6 Å². The minimum Gasteiger partial charge on any atom is -0.342 e. The highest BCUT2D eigenvalue weighted by molar-refractivity contribution is 7.99. The van der Waals surface area contributed by atoms with E-state index < -0.39 is 11.9 Å². The van der Waals surface area contributed by atoms with Crippen LogP contribution in [0.5, 0.6) is 0 Å². The Bertz CT molecular complexity index is 1230. The molecule has 0 saturated carbocycles. The van der Waals surface area contributed by atoms with E-state index in [1.807, 2.05) is 25.3 Å². The molecule has 3 aromatic rings. The van der Waals surface area contributed by atoms with Crippen LogP contribution in [0.25, 0.3) is 0 Å². The molecule has 0 unspecified atom stereocenters. The second kappa shape index (κ2) is 11.9. The van der Waals surface area contributed by atoms with Crippen LogP contribution in [0.4, 0.5) is 10.1 Å². The van der Waals surface area contributed by atoms with Crippen molar-refractivity contribution >= 4 is 52.5 Å². The predicted molar refractivity (Wildman–Crippen MR) is 138 cm³/mol. The van der Waals surface area contributed by atoms with E-state index in [4.69, 9.17) is 23.2 Å². The van der Waals surface area contributed by atoms with Crippen molar-refractivity contribution < 1.29 is 14.0 Å². The number of nitrogens with zero attached hydrogens (tertiary/aromatic N) is 3. The summed E-state index contributed by atoms with van der Waals surface area (Å²) < 4.78 is 15.4. The molecule has 7 nitrogen and oxygen atoms in total. The number of aromatic nitrogens is 3. The Kier molecular flexibility index (Phi) is 9.15. The normalized spacial score (nSPS) is 12.0. The van der Waals surface area contributed by atoms with E-state index in [-0.39, 0.29) is 28.5 Å². The van der Waals surface area contributed by atoms with Crippen LogP contribution in [0.2, 0.25) is 10.0 Å². The van der Waals surface area contributed by atoms with Crippen molar-refractivity contribution in [3.8, 4) is 0 Å². The molecule has 35 heavy (non-hydrogen) atoms. The summed E-state index contributed by atoms with van der Waals surface area (Å²) in [4.78, 5) is 25.4. The molecule has 0 aliphatic heterocycles. The van der Waals surface area contributed by atoms with Crippen molar-refractivity contribution in [2.75, 3.05) is 11.1 Å². The van der Waals surface area contributed by atoms with Gasteiger partial charge in [-0.1, -0.05) is 54.9 Å². The minimum absolute atomic E-state index is 0.00312. The molecule has 1 aromatic heterocycles. The molecule has 0 radical (unpaired) electrons. The average Bonchev–Trinajstić information content (AvgIpc) is 3.20. The third kappa shape index (κ3) is 6.74. The maximum absolute atomic E-state index is 13.5. The molecule has 0 aliphatic rings. The molecule has 0 saturated heterocycles. The summed E-state index contributed by atoms with van der Waals surface area (Å²) >= 11 is 13.4. The fourth-order valence-corrected chi connectivity index (χ4v) is 4.71. The lowest BCUT2D eigenvalue weighted by Gasteiger charge is -2.22. The molecule has 186 valence electrons. The first kappa shape index (κ1) is 27.0. The molecule has 0 fully saturated rings. The quantitative estimate of drug-likeness (QED) is 0.331. The maximum Gasteiger partial charge on any atom is 0.253 e. The number of nitrogens with one attached hydrogen (secondary N) is 2. The van der Waals surface area contributed by atoms with Crippen molar-refractivity contribution in [2.24, 2.45) is 5.92 Å². The van der Waals surface area contributed by atoms with E-state index in [0.717, 1.165) is 5.56 Å². The van der Waals surface area contributed by atoms with Gasteiger partial charge in [0.2, 0.25) is 5.91 Å². The summed E-state index contributed by atoms with van der Waals surface area (Å²) in [6.07, 6.45) is 0. The van der Waals surface area contributed by atoms with Gasteiger partial charge in [0.1, 0.15) is 5.82 Å². The van der Waals surface area contributed by atoms with Gasteiger partial charge in [0.15, 0.2) is 11.0 Å². The zero-order valence-electron chi connectivity index (χ0n) is 19.7. The number of carbonyl (C=O) groups is 2. The Morgan fingerprint density at radius 1 is 1.14 bits per heavy atom. The van der Waals surface area contributed by atoms with Crippen LogP contribution in [0.1, 0.15) is 48.6 Å². The third-order valence-electron chi connectivity index (χ3n) is 5.27. The maximum atomic E-state index is 13.5. The monoisotopic (exact) mass is 537 g/mol. The summed E-state index contributed by atoms with van der Waals surface area (Å²) in [7, 11) is 0. The highest BCUT2D eigenvalue weighted by Crippen LogP contribution is 2.27. The van der Waals surface area contributed by atoms with Gasteiger partial charge in [-0.05, 0) is 55.7 Å². The summed E-state index contributed by atoms with van der Waals surface area (Å²) in [5.74, 6) is -0.429. The molecule has 3 rings (SSSR count). The van der Waals surface area contributed by atoms with Gasteiger partial charge in [0, 0.05) is 17.3 Å². The Balaban J connectivity index is 1.74.